The Kier molecular flexibility index (Phi) is 4.13. The van der Waals surface area contributed by atoms with E-state index in [-0.39, 0.29) is 22.1 Å². The van der Waals surface area contributed by atoms with Gasteiger partial charge in [0.15, 0.2) is 0 Å². The van der Waals surface area contributed by atoms with Gasteiger partial charge in [-0.2, -0.15) is 0 Å². The molecule has 1 aromatic heterocycles. The number of hydrogen-bond acceptors (Lipinski definition) is 4. The minimum Gasteiger partial charge on any atom is -0.378 e. The van der Waals surface area contributed by atoms with Crippen molar-refractivity contribution in [1.29, 1.82) is 0 Å². The molecule has 1 aromatic carbocycles. The fourth-order valence-corrected chi connectivity index (χ4v) is 3.12. The minimum absolute atomic E-state index is 0.0970. The predicted molar refractivity (Wildman–Crippen MR) is 94.8 cm³/mol. The number of nitrogens with zero attached hydrogens (tertiary/aromatic N) is 3. The van der Waals surface area contributed by atoms with Crippen molar-refractivity contribution >= 4 is 17.1 Å². The Morgan fingerprint density at radius 3 is 2.83 bits per heavy atom. The zero-order valence-corrected chi connectivity index (χ0v) is 14.2. The lowest BCUT2D eigenvalue weighted by molar-refractivity contribution is -0.385. The molecule has 1 N–H and O–H groups in total. The van der Waals surface area contributed by atoms with E-state index in [4.69, 9.17) is 0 Å². The molecular weight excluding hydrogens is 304 g/mol. The molecular formula is C18H22N4O2. The summed E-state index contributed by atoms with van der Waals surface area (Å²) in [6.07, 6.45) is 9.85. The van der Waals surface area contributed by atoms with Crippen LogP contribution in [0.2, 0.25) is 0 Å². The third kappa shape index (κ3) is 3.18. The number of aryl methyl sites for hydroxylation is 1. The van der Waals surface area contributed by atoms with E-state index < -0.39 is 0 Å². The molecule has 1 unspecified atom stereocenters. The standard InChI is InChI=1S/C18H22N4O2/c1-13-10-14(4-5-16(13)22(23)24)20-17-11-15(6-7-18(17,2)3)21-9-8-19-12-21/h4-5,8-12,17,20H,6-7H2,1-3H3. The molecule has 126 valence electrons. The Bertz CT molecular complexity index is 778. The molecule has 6 nitrogen and oxygen atoms in total. The van der Waals surface area contributed by atoms with Gasteiger partial charge in [0.25, 0.3) is 5.69 Å². The molecule has 6 heteroatoms. The van der Waals surface area contributed by atoms with E-state index in [1.807, 2.05) is 23.2 Å². The molecule has 2 aromatic rings. The molecule has 0 bridgehead atoms. The summed E-state index contributed by atoms with van der Waals surface area (Å²) in [5, 5.41) is 14.5. The van der Waals surface area contributed by atoms with E-state index in [2.05, 4.69) is 30.2 Å². The molecule has 0 spiro atoms. The van der Waals surface area contributed by atoms with Gasteiger partial charge in [-0.25, -0.2) is 4.98 Å². The number of allylic oxidation sites excluding steroid dienone is 1. The van der Waals surface area contributed by atoms with Crippen LogP contribution in [0.4, 0.5) is 11.4 Å². The van der Waals surface area contributed by atoms with Crippen molar-refractivity contribution in [2.24, 2.45) is 5.41 Å². The van der Waals surface area contributed by atoms with E-state index in [0.717, 1.165) is 18.5 Å². The van der Waals surface area contributed by atoms with Crippen LogP contribution in [0.3, 0.4) is 0 Å². The number of nitrogens with one attached hydrogen (secondary N) is 1. The highest BCUT2D eigenvalue weighted by Gasteiger charge is 2.32. The first kappa shape index (κ1) is 16.2. The second-order valence-electron chi connectivity index (χ2n) is 7.00. The lowest BCUT2D eigenvalue weighted by atomic mass is 9.75. The summed E-state index contributed by atoms with van der Waals surface area (Å²) < 4.78 is 2.05. The van der Waals surface area contributed by atoms with Crippen LogP contribution in [0.5, 0.6) is 0 Å². The average molecular weight is 326 g/mol. The second kappa shape index (κ2) is 6.11. The number of anilines is 1. The fourth-order valence-electron chi connectivity index (χ4n) is 3.12. The van der Waals surface area contributed by atoms with E-state index in [9.17, 15) is 10.1 Å². The maximum atomic E-state index is 11.0. The predicted octanol–water partition coefficient (Wildman–Crippen LogP) is 4.24. The van der Waals surface area contributed by atoms with Crippen LogP contribution < -0.4 is 5.32 Å². The van der Waals surface area contributed by atoms with E-state index >= 15 is 0 Å². The highest BCUT2D eigenvalue weighted by Crippen LogP contribution is 2.38. The number of nitro groups is 1. The largest absolute Gasteiger partial charge is 0.378 e. The van der Waals surface area contributed by atoms with Crippen LogP contribution >= 0.6 is 0 Å². The summed E-state index contributed by atoms with van der Waals surface area (Å²) in [7, 11) is 0. The van der Waals surface area contributed by atoms with Gasteiger partial charge in [0.05, 0.1) is 17.3 Å². The highest BCUT2D eigenvalue weighted by atomic mass is 16.6. The zero-order valence-electron chi connectivity index (χ0n) is 14.2. The van der Waals surface area contributed by atoms with Gasteiger partial charge in [-0.1, -0.05) is 13.8 Å². The van der Waals surface area contributed by atoms with E-state index in [0.29, 0.717) is 5.56 Å². The number of imidazole rings is 1. The summed E-state index contributed by atoms with van der Waals surface area (Å²) in [5.74, 6) is 0. The van der Waals surface area contributed by atoms with Crippen molar-refractivity contribution in [3.63, 3.8) is 0 Å². The highest BCUT2D eigenvalue weighted by molar-refractivity contribution is 5.57. The number of aromatic nitrogens is 2. The van der Waals surface area contributed by atoms with Gasteiger partial charge >= 0.3 is 0 Å². The number of rotatable bonds is 4. The zero-order chi connectivity index (χ0) is 17.3. The third-order valence-corrected chi connectivity index (χ3v) is 4.78. The van der Waals surface area contributed by atoms with Crippen LogP contribution in [0.25, 0.3) is 5.70 Å². The smallest absolute Gasteiger partial charge is 0.272 e. The van der Waals surface area contributed by atoms with Crippen molar-refractivity contribution in [2.75, 3.05) is 5.32 Å². The van der Waals surface area contributed by atoms with Gasteiger partial charge in [-0.3, -0.25) is 10.1 Å². The monoisotopic (exact) mass is 326 g/mol. The van der Waals surface area contributed by atoms with Crippen LogP contribution in [0.1, 0.15) is 32.3 Å². The topological polar surface area (TPSA) is 73.0 Å². The van der Waals surface area contributed by atoms with Gasteiger partial charge < -0.3 is 9.88 Å². The van der Waals surface area contributed by atoms with E-state index in [1.54, 1.807) is 25.3 Å². The summed E-state index contributed by atoms with van der Waals surface area (Å²) >= 11 is 0. The molecule has 0 radical (unpaired) electrons. The molecule has 0 saturated carbocycles. The molecule has 0 fully saturated rings. The number of benzene rings is 1. The first-order valence-corrected chi connectivity index (χ1v) is 8.07. The molecule has 1 heterocycles. The molecule has 3 rings (SSSR count). The van der Waals surface area contributed by atoms with Crippen LogP contribution in [-0.4, -0.2) is 20.5 Å². The number of nitro benzene ring substituents is 1. The lowest BCUT2D eigenvalue weighted by Gasteiger charge is -2.38. The molecule has 1 atom stereocenters. The van der Waals surface area contributed by atoms with Crippen LogP contribution in [-0.2, 0) is 0 Å². The summed E-state index contributed by atoms with van der Waals surface area (Å²) in [5.41, 5.74) is 3.04. The fraction of sp³-hybridized carbons (Fsp3) is 0.389. The van der Waals surface area contributed by atoms with Gasteiger partial charge in [0.2, 0.25) is 0 Å². The molecule has 0 saturated heterocycles. The third-order valence-electron chi connectivity index (χ3n) is 4.78. The van der Waals surface area contributed by atoms with Gasteiger partial charge in [0, 0.05) is 35.4 Å². The van der Waals surface area contributed by atoms with Gasteiger partial charge in [-0.15, -0.1) is 0 Å². The van der Waals surface area contributed by atoms with Crippen molar-refractivity contribution in [3.8, 4) is 0 Å². The maximum Gasteiger partial charge on any atom is 0.272 e. The second-order valence-corrected chi connectivity index (χ2v) is 7.00. The first-order chi connectivity index (χ1) is 11.4. The Hall–Kier alpha value is -2.63. The summed E-state index contributed by atoms with van der Waals surface area (Å²) in [4.78, 5) is 14.7. The SMILES string of the molecule is Cc1cc(NC2C=C(n3ccnc3)CCC2(C)C)ccc1[N+](=O)[O-]. The average Bonchev–Trinajstić information content (AvgIpc) is 3.03. The van der Waals surface area contributed by atoms with Crippen LogP contribution in [0, 0.1) is 22.5 Å². The van der Waals surface area contributed by atoms with Crippen molar-refractivity contribution in [2.45, 2.75) is 39.7 Å². The minimum atomic E-state index is -0.347. The van der Waals surface area contributed by atoms with Crippen molar-refractivity contribution < 1.29 is 4.92 Å². The Labute approximate surface area is 141 Å². The quantitative estimate of drug-likeness (QED) is 0.673. The first-order valence-electron chi connectivity index (χ1n) is 8.07. The van der Waals surface area contributed by atoms with E-state index in [1.165, 1.54) is 5.70 Å². The van der Waals surface area contributed by atoms with Gasteiger partial charge in [-0.05, 0) is 43.4 Å². The normalized spacial score (nSPS) is 19.6. The maximum absolute atomic E-state index is 11.0. The summed E-state index contributed by atoms with van der Waals surface area (Å²) in [6.45, 7) is 6.25. The lowest BCUT2D eigenvalue weighted by Crippen LogP contribution is -2.37. The molecule has 0 amide bonds. The molecule has 1 aliphatic carbocycles. The number of hydrogen-bond donors (Lipinski definition) is 1. The van der Waals surface area contributed by atoms with Crippen molar-refractivity contribution in [1.82, 2.24) is 9.55 Å². The molecule has 1 aliphatic rings. The molecule has 24 heavy (non-hydrogen) atoms. The Balaban J connectivity index is 1.87. The van der Waals surface area contributed by atoms with Crippen LogP contribution in [0.15, 0.2) is 43.0 Å². The summed E-state index contributed by atoms with van der Waals surface area (Å²) in [6, 6.07) is 5.33. The van der Waals surface area contributed by atoms with Crippen molar-refractivity contribution in [3.05, 3.63) is 58.7 Å². The van der Waals surface area contributed by atoms with Gasteiger partial charge in [0.1, 0.15) is 0 Å². The Morgan fingerprint density at radius 2 is 2.21 bits per heavy atom. The Morgan fingerprint density at radius 1 is 1.42 bits per heavy atom. The molecule has 0 aliphatic heterocycles.